The lowest BCUT2D eigenvalue weighted by Crippen LogP contribution is -2.45. The second kappa shape index (κ2) is 4.10. The quantitative estimate of drug-likeness (QED) is 0.698. The number of rotatable bonds is 4. The van der Waals surface area contributed by atoms with Crippen LogP contribution in [-0.4, -0.2) is 31.8 Å². The summed E-state index contributed by atoms with van der Waals surface area (Å²) in [5.74, 6) is 0.590. The largest absolute Gasteiger partial charge is 0.465 e. The van der Waals surface area contributed by atoms with Gasteiger partial charge in [0.05, 0.1) is 19.8 Å². The highest BCUT2D eigenvalue weighted by Crippen LogP contribution is 2.33. The molecule has 15 heavy (non-hydrogen) atoms. The number of nitrogens with two attached hydrogens (primary N) is 1. The van der Waals surface area contributed by atoms with E-state index in [0.29, 0.717) is 19.8 Å². The van der Waals surface area contributed by atoms with E-state index in [2.05, 4.69) is 0 Å². The minimum absolute atomic E-state index is 0.201. The van der Waals surface area contributed by atoms with Crippen molar-refractivity contribution < 1.29 is 14.3 Å². The third-order valence-electron chi connectivity index (χ3n) is 3.44. The Kier molecular flexibility index (Phi) is 2.98. The molecule has 2 aliphatic rings. The lowest BCUT2D eigenvalue weighted by atomic mass is 9.86. The van der Waals surface area contributed by atoms with E-state index in [1.165, 1.54) is 12.8 Å². The highest BCUT2D eigenvalue weighted by molar-refractivity contribution is 5.78. The highest BCUT2D eigenvalue weighted by atomic mass is 16.5. The first-order chi connectivity index (χ1) is 7.13. The fourth-order valence-corrected chi connectivity index (χ4v) is 1.79. The van der Waals surface area contributed by atoms with Crippen molar-refractivity contribution in [2.75, 3.05) is 19.8 Å². The Morgan fingerprint density at radius 1 is 1.60 bits per heavy atom. The van der Waals surface area contributed by atoms with Crippen molar-refractivity contribution in [1.82, 2.24) is 0 Å². The van der Waals surface area contributed by atoms with Gasteiger partial charge in [-0.05, 0) is 19.3 Å². The van der Waals surface area contributed by atoms with Crippen LogP contribution in [0.2, 0.25) is 0 Å². The van der Waals surface area contributed by atoms with Crippen LogP contribution in [0.3, 0.4) is 0 Å². The molecule has 0 aromatic heterocycles. The molecule has 2 rings (SSSR count). The van der Waals surface area contributed by atoms with Gasteiger partial charge < -0.3 is 15.2 Å². The third-order valence-corrected chi connectivity index (χ3v) is 3.44. The molecular weight excluding hydrogens is 194 g/mol. The molecule has 4 nitrogen and oxygen atoms in total. The lowest BCUT2D eigenvalue weighted by molar-refractivity contribution is -0.155. The van der Waals surface area contributed by atoms with Crippen LogP contribution in [-0.2, 0) is 14.3 Å². The molecule has 2 fully saturated rings. The Hall–Kier alpha value is -0.610. The van der Waals surface area contributed by atoms with Crippen molar-refractivity contribution >= 4 is 5.97 Å². The molecule has 0 bridgehead atoms. The smallest absolute Gasteiger partial charge is 0.315 e. The molecule has 0 spiro atoms. The van der Waals surface area contributed by atoms with Crippen LogP contribution < -0.4 is 5.73 Å². The predicted octanol–water partition coefficient (Wildman–Crippen LogP) is 0.694. The summed E-state index contributed by atoms with van der Waals surface area (Å²) in [6, 6.07) is -0.231. The van der Waals surface area contributed by atoms with Crippen LogP contribution >= 0.6 is 0 Å². The lowest BCUT2D eigenvalue weighted by Gasteiger charge is -2.24. The molecule has 0 amide bonds. The Morgan fingerprint density at radius 2 is 2.33 bits per heavy atom. The number of hydrogen-bond donors (Lipinski definition) is 1. The number of carbonyl (C=O) groups excluding carboxylic acids is 1. The van der Waals surface area contributed by atoms with Gasteiger partial charge in [-0.1, -0.05) is 12.8 Å². The summed E-state index contributed by atoms with van der Waals surface area (Å²) < 4.78 is 10.5. The fraction of sp³-hybridized carbons (Fsp3) is 0.909. The van der Waals surface area contributed by atoms with E-state index < -0.39 is 5.41 Å². The zero-order valence-electron chi connectivity index (χ0n) is 9.20. The van der Waals surface area contributed by atoms with Crippen molar-refractivity contribution in [1.29, 1.82) is 0 Å². The maximum Gasteiger partial charge on any atom is 0.315 e. The van der Waals surface area contributed by atoms with Crippen molar-refractivity contribution in [3.63, 3.8) is 0 Å². The topological polar surface area (TPSA) is 61.5 Å². The normalized spacial score (nSPS) is 35.5. The van der Waals surface area contributed by atoms with Crippen LogP contribution in [0, 0.1) is 11.3 Å². The predicted molar refractivity (Wildman–Crippen MR) is 55.2 cm³/mol. The molecule has 4 heteroatoms. The average molecular weight is 213 g/mol. The van der Waals surface area contributed by atoms with E-state index in [1.54, 1.807) is 0 Å². The number of carbonyl (C=O) groups is 1. The van der Waals surface area contributed by atoms with Gasteiger partial charge in [-0.15, -0.1) is 0 Å². The summed E-state index contributed by atoms with van der Waals surface area (Å²) in [4.78, 5) is 11.8. The third kappa shape index (κ3) is 2.32. The first kappa shape index (κ1) is 10.9. The number of ether oxygens (including phenoxy) is 2. The molecular formula is C11H19NO3. The van der Waals surface area contributed by atoms with E-state index in [0.717, 1.165) is 12.3 Å². The van der Waals surface area contributed by atoms with Crippen LogP contribution in [0.25, 0.3) is 0 Å². The molecule has 1 saturated heterocycles. The Bertz CT molecular complexity index is 252. The van der Waals surface area contributed by atoms with Crippen LogP contribution in [0.15, 0.2) is 0 Å². The average Bonchev–Trinajstić information content (AvgIpc) is 2.95. The summed E-state index contributed by atoms with van der Waals surface area (Å²) in [5.41, 5.74) is 5.20. The summed E-state index contributed by atoms with van der Waals surface area (Å²) in [6.07, 6.45) is 3.58. The monoisotopic (exact) mass is 213 g/mol. The molecule has 0 aromatic carbocycles. The van der Waals surface area contributed by atoms with Crippen molar-refractivity contribution in [2.45, 2.75) is 32.2 Å². The second-order valence-electron chi connectivity index (χ2n) is 4.91. The van der Waals surface area contributed by atoms with E-state index in [-0.39, 0.29) is 12.0 Å². The zero-order valence-corrected chi connectivity index (χ0v) is 9.20. The molecule has 1 heterocycles. The summed E-state index contributed by atoms with van der Waals surface area (Å²) in [7, 11) is 0. The molecule has 1 aliphatic carbocycles. The van der Waals surface area contributed by atoms with E-state index >= 15 is 0 Å². The summed E-state index contributed by atoms with van der Waals surface area (Å²) in [5, 5.41) is 0. The van der Waals surface area contributed by atoms with Crippen molar-refractivity contribution in [3.8, 4) is 0 Å². The van der Waals surface area contributed by atoms with Gasteiger partial charge >= 0.3 is 5.97 Å². The minimum atomic E-state index is -0.635. The first-order valence-electron chi connectivity index (χ1n) is 5.63. The van der Waals surface area contributed by atoms with Gasteiger partial charge in [-0.3, -0.25) is 4.79 Å². The Morgan fingerprint density at radius 3 is 2.87 bits per heavy atom. The standard InChI is InChI=1S/C11H19NO3/c1-11(7-14-6-9(11)12)10(13)15-5-4-8-2-3-8/h8-9H,2-7,12H2,1H3. The van der Waals surface area contributed by atoms with Gasteiger partial charge in [0.25, 0.3) is 0 Å². The van der Waals surface area contributed by atoms with Gasteiger partial charge in [-0.2, -0.15) is 0 Å². The molecule has 1 aliphatic heterocycles. The summed E-state index contributed by atoms with van der Waals surface area (Å²) >= 11 is 0. The second-order valence-corrected chi connectivity index (χ2v) is 4.91. The maximum atomic E-state index is 11.8. The van der Waals surface area contributed by atoms with Crippen LogP contribution in [0.5, 0.6) is 0 Å². The van der Waals surface area contributed by atoms with Crippen LogP contribution in [0.1, 0.15) is 26.2 Å². The maximum absolute atomic E-state index is 11.8. The molecule has 2 atom stereocenters. The van der Waals surface area contributed by atoms with E-state index in [1.807, 2.05) is 6.92 Å². The van der Waals surface area contributed by atoms with E-state index in [4.69, 9.17) is 15.2 Å². The van der Waals surface area contributed by atoms with Gasteiger partial charge in [0.1, 0.15) is 5.41 Å². The molecule has 2 N–H and O–H groups in total. The molecule has 0 aromatic rings. The molecule has 1 saturated carbocycles. The highest BCUT2D eigenvalue weighted by Gasteiger charge is 2.45. The molecule has 86 valence electrons. The number of hydrogen-bond acceptors (Lipinski definition) is 4. The number of esters is 1. The van der Waals surface area contributed by atoms with Gasteiger partial charge in [0.2, 0.25) is 0 Å². The SMILES string of the molecule is CC1(C(=O)OCCC2CC2)COCC1N. The molecule has 2 unspecified atom stereocenters. The van der Waals surface area contributed by atoms with Crippen LogP contribution in [0.4, 0.5) is 0 Å². The molecule has 0 radical (unpaired) electrons. The Balaban J connectivity index is 1.77. The van der Waals surface area contributed by atoms with Gasteiger partial charge in [0.15, 0.2) is 0 Å². The van der Waals surface area contributed by atoms with Gasteiger partial charge in [0, 0.05) is 6.04 Å². The summed E-state index contributed by atoms with van der Waals surface area (Å²) in [6.45, 7) is 3.20. The minimum Gasteiger partial charge on any atom is -0.465 e. The zero-order chi connectivity index (χ0) is 10.9. The Labute approximate surface area is 90.1 Å². The first-order valence-corrected chi connectivity index (χ1v) is 5.63. The van der Waals surface area contributed by atoms with Gasteiger partial charge in [-0.25, -0.2) is 0 Å². The van der Waals surface area contributed by atoms with Crippen molar-refractivity contribution in [3.05, 3.63) is 0 Å². The fourth-order valence-electron chi connectivity index (χ4n) is 1.79. The van der Waals surface area contributed by atoms with Crippen molar-refractivity contribution in [2.24, 2.45) is 17.1 Å². The van der Waals surface area contributed by atoms with E-state index in [9.17, 15) is 4.79 Å².